The molecule has 1 aliphatic heterocycles. The van der Waals surface area contributed by atoms with Gasteiger partial charge in [0.2, 0.25) is 6.04 Å². The van der Waals surface area contributed by atoms with Crippen molar-refractivity contribution in [3.63, 3.8) is 0 Å². The Hall–Kier alpha value is -3.11. The third-order valence-electron chi connectivity index (χ3n) is 4.26. The Morgan fingerprint density at radius 3 is 2.46 bits per heavy atom. The number of esters is 1. The van der Waals surface area contributed by atoms with Crippen LogP contribution in [0.2, 0.25) is 0 Å². The number of pyridine rings is 1. The van der Waals surface area contributed by atoms with Gasteiger partial charge in [-0.2, -0.15) is 9.83 Å². The van der Waals surface area contributed by atoms with Crippen LogP contribution in [0.3, 0.4) is 0 Å². The lowest BCUT2D eigenvalue weighted by Gasteiger charge is -2.27. The van der Waals surface area contributed by atoms with Crippen LogP contribution >= 0.6 is 12.6 Å². The zero-order chi connectivity index (χ0) is 18.7. The van der Waals surface area contributed by atoms with Crippen molar-refractivity contribution in [3.8, 4) is 6.07 Å². The number of nitriles is 1. The van der Waals surface area contributed by atoms with Crippen LogP contribution in [-0.2, 0) is 9.53 Å². The van der Waals surface area contributed by atoms with Gasteiger partial charge in [0.05, 0.1) is 35.3 Å². The lowest BCUT2D eigenvalue weighted by Crippen LogP contribution is -2.53. The van der Waals surface area contributed by atoms with E-state index < -0.39 is 17.9 Å². The molecule has 6 nitrogen and oxygen atoms in total. The van der Waals surface area contributed by atoms with E-state index in [0.717, 1.165) is 5.56 Å². The van der Waals surface area contributed by atoms with Crippen LogP contribution in [0.1, 0.15) is 27.9 Å². The molecule has 2 heterocycles. The number of thiol groups is 1. The second kappa shape index (κ2) is 7.42. The standard InChI is InChI=1S/C19H15N3O3S/c1-25-19(24)13-7-5-12(6-8-13)15-14(11-20)18(26)21-17(23)16(15)22-9-3-2-4-10-22/h2-10,15-16H,1H3,(H-,21,23,26)/p+1/t15-,16+/m1/s1. The van der Waals surface area contributed by atoms with E-state index in [4.69, 9.17) is 4.74 Å². The van der Waals surface area contributed by atoms with E-state index >= 15 is 0 Å². The van der Waals surface area contributed by atoms with Crippen LogP contribution in [0.15, 0.2) is 65.5 Å². The summed E-state index contributed by atoms with van der Waals surface area (Å²) in [5, 5.41) is 12.5. The molecule has 1 N–H and O–H groups in total. The fraction of sp³-hybridized carbons (Fsp3) is 0.158. The van der Waals surface area contributed by atoms with Crippen LogP contribution < -0.4 is 9.88 Å². The number of hydrogen-bond donors (Lipinski definition) is 2. The summed E-state index contributed by atoms with van der Waals surface area (Å²) in [6, 6.07) is 13.7. The highest BCUT2D eigenvalue weighted by molar-refractivity contribution is 7.84. The minimum atomic E-state index is -0.647. The molecule has 0 saturated heterocycles. The van der Waals surface area contributed by atoms with E-state index in [1.807, 2.05) is 18.2 Å². The highest BCUT2D eigenvalue weighted by atomic mass is 32.1. The Labute approximate surface area is 156 Å². The highest BCUT2D eigenvalue weighted by Crippen LogP contribution is 2.37. The maximum absolute atomic E-state index is 12.7. The van der Waals surface area contributed by atoms with E-state index in [9.17, 15) is 14.9 Å². The lowest BCUT2D eigenvalue weighted by atomic mass is 9.82. The van der Waals surface area contributed by atoms with E-state index in [0.29, 0.717) is 11.1 Å². The van der Waals surface area contributed by atoms with Gasteiger partial charge in [-0.05, 0) is 17.7 Å². The number of carbonyl (C=O) groups excluding carboxylic acids is 2. The number of rotatable bonds is 3. The first-order valence-electron chi connectivity index (χ1n) is 7.85. The number of nitrogens with zero attached hydrogens (tertiary/aromatic N) is 2. The Kier molecular flexibility index (Phi) is 5.05. The molecular weight excluding hydrogens is 350 g/mol. The quantitative estimate of drug-likeness (QED) is 0.494. The van der Waals surface area contributed by atoms with E-state index in [2.05, 4.69) is 24.0 Å². The number of ether oxygens (including phenoxy) is 1. The van der Waals surface area contributed by atoms with Crippen molar-refractivity contribution < 1.29 is 18.9 Å². The summed E-state index contributed by atoms with van der Waals surface area (Å²) in [5.74, 6) is -1.23. The monoisotopic (exact) mass is 366 g/mol. The summed E-state index contributed by atoms with van der Waals surface area (Å²) in [6.07, 6.45) is 3.55. The van der Waals surface area contributed by atoms with Crippen molar-refractivity contribution in [2.24, 2.45) is 0 Å². The zero-order valence-electron chi connectivity index (χ0n) is 13.9. The topological polar surface area (TPSA) is 83.1 Å². The first-order chi connectivity index (χ1) is 12.6. The molecular formula is C19H16N3O3S+. The minimum Gasteiger partial charge on any atom is -0.465 e. The predicted molar refractivity (Wildman–Crippen MR) is 96.0 cm³/mol. The second-order valence-corrected chi connectivity index (χ2v) is 6.17. The summed E-state index contributed by atoms with van der Waals surface area (Å²) in [5.41, 5.74) is 1.49. The summed E-state index contributed by atoms with van der Waals surface area (Å²) in [6.45, 7) is 0. The largest absolute Gasteiger partial charge is 0.465 e. The number of allylic oxidation sites excluding steroid dienone is 1. The number of hydrogen-bond acceptors (Lipinski definition) is 5. The van der Waals surface area contributed by atoms with Gasteiger partial charge in [-0.15, -0.1) is 12.6 Å². The number of benzene rings is 1. The number of aromatic nitrogens is 1. The van der Waals surface area contributed by atoms with Crippen molar-refractivity contribution >= 4 is 24.5 Å². The average molecular weight is 366 g/mol. The molecule has 0 radical (unpaired) electrons. The van der Waals surface area contributed by atoms with Gasteiger partial charge < -0.3 is 10.1 Å². The third kappa shape index (κ3) is 3.19. The minimum absolute atomic E-state index is 0.243. The Bertz CT molecular complexity index is 917. The van der Waals surface area contributed by atoms with Crippen molar-refractivity contribution in [3.05, 3.63) is 76.6 Å². The number of amides is 1. The fourth-order valence-corrected chi connectivity index (χ4v) is 3.33. The van der Waals surface area contributed by atoms with Crippen molar-refractivity contribution in [1.82, 2.24) is 5.32 Å². The first kappa shape index (κ1) is 17.7. The van der Waals surface area contributed by atoms with Crippen molar-refractivity contribution in [2.75, 3.05) is 7.11 Å². The van der Waals surface area contributed by atoms with Crippen LogP contribution in [0.25, 0.3) is 0 Å². The van der Waals surface area contributed by atoms with Crippen molar-refractivity contribution in [1.29, 1.82) is 5.26 Å². The number of carbonyl (C=O) groups is 2. The zero-order valence-corrected chi connectivity index (χ0v) is 14.8. The van der Waals surface area contributed by atoms with Crippen LogP contribution in [0, 0.1) is 11.3 Å². The van der Waals surface area contributed by atoms with Crippen molar-refractivity contribution in [2.45, 2.75) is 12.0 Å². The lowest BCUT2D eigenvalue weighted by molar-refractivity contribution is -0.711. The van der Waals surface area contributed by atoms with Gasteiger partial charge >= 0.3 is 5.97 Å². The van der Waals surface area contributed by atoms with E-state index in [-0.39, 0.29) is 10.9 Å². The van der Waals surface area contributed by atoms with Gasteiger partial charge in [-0.25, -0.2) is 4.79 Å². The van der Waals surface area contributed by atoms with E-state index in [1.165, 1.54) is 7.11 Å². The van der Waals surface area contributed by atoms with Gasteiger partial charge in [0, 0.05) is 12.1 Å². The molecule has 2 atom stereocenters. The molecule has 26 heavy (non-hydrogen) atoms. The first-order valence-corrected chi connectivity index (χ1v) is 8.29. The Morgan fingerprint density at radius 2 is 1.88 bits per heavy atom. The maximum Gasteiger partial charge on any atom is 0.337 e. The molecule has 0 spiro atoms. The van der Waals surface area contributed by atoms with Gasteiger partial charge in [0.15, 0.2) is 12.4 Å². The Morgan fingerprint density at radius 1 is 1.23 bits per heavy atom. The fourth-order valence-electron chi connectivity index (χ4n) is 3.04. The third-order valence-corrected chi connectivity index (χ3v) is 4.62. The molecule has 0 fully saturated rings. The maximum atomic E-state index is 12.7. The molecule has 0 saturated carbocycles. The molecule has 130 valence electrons. The molecule has 0 unspecified atom stereocenters. The Balaban J connectivity index is 2.12. The van der Waals surface area contributed by atoms with Gasteiger partial charge in [0.25, 0.3) is 5.91 Å². The predicted octanol–water partition coefficient (Wildman–Crippen LogP) is 1.88. The average Bonchev–Trinajstić information content (AvgIpc) is 2.67. The summed E-state index contributed by atoms with van der Waals surface area (Å²) >= 11 is 4.27. The van der Waals surface area contributed by atoms with Gasteiger partial charge in [-0.3, -0.25) is 4.79 Å². The van der Waals surface area contributed by atoms with Gasteiger partial charge in [-0.1, -0.05) is 18.2 Å². The smallest absolute Gasteiger partial charge is 0.337 e. The number of nitrogens with one attached hydrogen (secondary N) is 1. The SMILES string of the molecule is COC(=O)c1ccc([C@@H]2C(C#N)=C(S)NC(=O)[C@H]2[n+]2ccccc2)cc1. The highest BCUT2D eigenvalue weighted by Gasteiger charge is 2.44. The van der Waals surface area contributed by atoms with Crippen LogP contribution in [0.5, 0.6) is 0 Å². The van der Waals surface area contributed by atoms with Crippen LogP contribution in [-0.4, -0.2) is 19.0 Å². The number of methoxy groups -OCH3 is 1. The molecule has 0 aliphatic carbocycles. The summed E-state index contributed by atoms with van der Waals surface area (Å²) in [4.78, 5) is 24.3. The molecule has 1 aliphatic rings. The van der Waals surface area contributed by atoms with Gasteiger partial charge in [0.1, 0.15) is 0 Å². The molecule has 1 aromatic heterocycles. The molecule has 1 aromatic carbocycles. The summed E-state index contributed by atoms with van der Waals surface area (Å²) in [7, 11) is 1.31. The molecule has 2 aromatic rings. The van der Waals surface area contributed by atoms with E-state index in [1.54, 1.807) is 41.2 Å². The molecule has 3 rings (SSSR count). The summed E-state index contributed by atoms with van der Waals surface area (Å²) < 4.78 is 6.46. The molecule has 1 amide bonds. The normalized spacial score (nSPS) is 19.5. The van der Waals surface area contributed by atoms with Crippen LogP contribution in [0.4, 0.5) is 0 Å². The molecule has 0 bridgehead atoms. The molecule has 7 heteroatoms. The second-order valence-electron chi connectivity index (χ2n) is 5.72.